The number of rotatable bonds is 29. The molecule has 1 aromatic carbocycles. The zero-order valence-corrected chi connectivity index (χ0v) is 34.2. The summed E-state index contributed by atoms with van der Waals surface area (Å²) < 4.78 is 42.6. The van der Waals surface area contributed by atoms with E-state index in [0.717, 1.165) is 24.0 Å². The number of nitrogens with two attached hydrogens (primary N) is 1. The summed E-state index contributed by atoms with van der Waals surface area (Å²) >= 11 is 0. The number of phosphoric ester groups is 1. The maximum atomic E-state index is 13.0. The Balaban J connectivity index is 1.17. The lowest BCUT2D eigenvalue weighted by Crippen LogP contribution is -2.41. The van der Waals surface area contributed by atoms with Crippen LogP contribution in [-0.2, 0) is 40.0 Å². The zero-order valence-electron chi connectivity index (χ0n) is 33.3. The molecule has 0 radical (unpaired) electrons. The molecule has 1 unspecified atom stereocenters. The SMILES string of the molecule is CCCCCCCCCCCCCCCCCCOC[C@H](COP(=O)(O)OC[C@H]1O[C@@](C#N)(c2ccc3c(N)ncnn23)[C@H](O)[C@@H]1O)OCc1cccc(C)c1. The van der Waals surface area contributed by atoms with Crippen molar-refractivity contribution in [3.8, 4) is 6.07 Å². The molecule has 312 valence electrons. The van der Waals surface area contributed by atoms with Crippen LogP contribution in [0.5, 0.6) is 0 Å². The average molecular weight is 802 g/mol. The number of phosphoric acid groups is 1. The van der Waals surface area contributed by atoms with Crippen molar-refractivity contribution in [1.82, 2.24) is 14.6 Å². The van der Waals surface area contributed by atoms with Crippen LogP contribution in [0.3, 0.4) is 0 Å². The van der Waals surface area contributed by atoms with E-state index < -0.39 is 44.4 Å². The Kier molecular flexibility index (Phi) is 19.7. The molecule has 0 aliphatic carbocycles. The maximum Gasteiger partial charge on any atom is 0.472 e. The van der Waals surface area contributed by atoms with Crippen molar-refractivity contribution < 1.29 is 42.9 Å². The third kappa shape index (κ3) is 14.1. The molecule has 1 aliphatic heterocycles. The summed E-state index contributed by atoms with van der Waals surface area (Å²) in [4.78, 5) is 14.5. The molecule has 1 fully saturated rings. The van der Waals surface area contributed by atoms with Crippen molar-refractivity contribution in [2.45, 2.75) is 153 Å². The molecular formula is C41H64N5O9P. The van der Waals surface area contributed by atoms with Crippen LogP contribution in [0.4, 0.5) is 5.82 Å². The smallest absolute Gasteiger partial charge is 0.387 e. The first-order valence-corrected chi connectivity index (χ1v) is 22.0. The molecule has 56 heavy (non-hydrogen) atoms. The number of aliphatic hydroxyl groups excluding tert-OH is 2. The minimum absolute atomic E-state index is 0.0924. The highest BCUT2D eigenvalue weighted by molar-refractivity contribution is 7.47. The van der Waals surface area contributed by atoms with Gasteiger partial charge >= 0.3 is 7.82 Å². The van der Waals surface area contributed by atoms with Crippen molar-refractivity contribution in [1.29, 1.82) is 5.26 Å². The molecule has 4 rings (SSSR count). The number of aryl methyl sites for hydroxylation is 1. The molecule has 15 heteroatoms. The highest BCUT2D eigenvalue weighted by Gasteiger charge is 2.58. The quantitative estimate of drug-likeness (QED) is 0.0398. The first-order valence-electron chi connectivity index (χ1n) is 20.5. The Morgan fingerprint density at radius 3 is 2.21 bits per heavy atom. The van der Waals surface area contributed by atoms with E-state index in [1.807, 2.05) is 37.3 Å². The van der Waals surface area contributed by atoms with Crippen LogP contribution >= 0.6 is 7.82 Å². The zero-order chi connectivity index (χ0) is 40.2. The Hall–Kier alpha value is -2.96. The number of anilines is 1. The lowest BCUT2D eigenvalue weighted by Gasteiger charge is -2.24. The van der Waals surface area contributed by atoms with E-state index in [9.17, 15) is 24.9 Å². The standard InChI is InChI=1S/C41H64N5O9P/c1-3-4-5-6-7-8-9-10-11-12-13-14-15-16-17-18-24-51-27-34(52-26-33-21-19-20-32(2)25-33)28-53-56(49,50)54-29-36-38(47)39(48)41(30-42,55-36)37-23-22-35-40(43)44-31-45-46(35)37/h19-23,25,31,34,36,38-39,47-48H,3-18,24,26-29H2,1-2H3,(H,49,50)(H2,43,44,45)/t34-,36-,38-,39-,41+/m1/s1. The van der Waals surface area contributed by atoms with Crippen molar-refractivity contribution in [2.75, 3.05) is 32.2 Å². The van der Waals surface area contributed by atoms with Crippen molar-refractivity contribution in [3.63, 3.8) is 0 Å². The predicted octanol–water partition coefficient (Wildman–Crippen LogP) is 7.46. The number of nitrogen functional groups attached to an aromatic ring is 1. The fourth-order valence-corrected chi connectivity index (χ4v) is 7.82. The summed E-state index contributed by atoms with van der Waals surface area (Å²) in [5.74, 6) is 0.136. The summed E-state index contributed by atoms with van der Waals surface area (Å²) in [6.07, 6.45) is 16.4. The number of fused-ring (bicyclic) bond motifs is 1. The second-order valence-corrected chi connectivity index (χ2v) is 16.4. The van der Waals surface area contributed by atoms with Gasteiger partial charge in [-0.15, -0.1) is 0 Å². The molecule has 0 saturated carbocycles. The van der Waals surface area contributed by atoms with Gasteiger partial charge in [-0.3, -0.25) is 9.05 Å². The molecule has 1 aliphatic rings. The Morgan fingerprint density at radius 2 is 1.59 bits per heavy atom. The number of hydrogen-bond acceptors (Lipinski definition) is 12. The summed E-state index contributed by atoms with van der Waals surface area (Å²) in [5.41, 5.74) is 6.31. The van der Waals surface area contributed by atoms with Gasteiger partial charge < -0.3 is 35.1 Å². The first kappa shape index (κ1) is 45.7. The van der Waals surface area contributed by atoms with Gasteiger partial charge in [0.2, 0.25) is 5.60 Å². The predicted molar refractivity (Wildman–Crippen MR) is 213 cm³/mol. The highest BCUT2D eigenvalue weighted by Crippen LogP contribution is 2.46. The van der Waals surface area contributed by atoms with Crippen LogP contribution in [-0.4, -0.2) is 80.5 Å². The molecule has 6 atom stereocenters. The van der Waals surface area contributed by atoms with Crippen LogP contribution in [0.25, 0.3) is 5.52 Å². The third-order valence-electron chi connectivity index (χ3n) is 10.3. The van der Waals surface area contributed by atoms with Gasteiger partial charge in [0.05, 0.1) is 32.1 Å². The minimum Gasteiger partial charge on any atom is -0.387 e. The van der Waals surface area contributed by atoms with E-state index in [1.165, 1.54) is 107 Å². The maximum absolute atomic E-state index is 13.0. The second kappa shape index (κ2) is 24.1. The molecule has 5 N–H and O–H groups in total. The number of unbranched alkanes of at least 4 members (excludes halogenated alkanes) is 15. The Bertz CT molecular complexity index is 1670. The topological polar surface area (TPSA) is 204 Å². The van der Waals surface area contributed by atoms with Gasteiger partial charge in [-0.2, -0.15) is 10.4 Å². The molecule has 0 bridgehead atoms. The second-order valence-electron chi connectivity index (χ2n) is 15.0. The monoisotopic (exact) mass is 801 g/mol. The van der Waals surface area contributed by atoms with Gasteiger partial charge in [0.15, 0.2) is 5.82 Å². The van der Waals surface area contributed by atoms with Gasteiger partial charge in [-0.25, -0.2) is 14.1 Å². The molecule has 3 aromatic rings. The Morgan fingerprint density at radius 1 is 0.946 bits per heavy atom. The number of aromatic nitrogens is 3. The van der Waals surface area contributed by atoms with E-state index in [1.54, 1.807) is 6.07 Å². The summed E-state index contributed by atoms with van der Waals surface area (Å²) in [5, 5.41) is 36.0. The first-order chi connectivity index (χ1) is 27.1. The van der Waals surface area contributed by atoms with Crippen LogP contribution in [0.1, 0.15) is 126 Å². The fourth-order valence-electron chi connectivity index (χ4n) is 7.06. The van der Waals surface area contributed by atoms with E-state index in [0.29, 0.717) is 12.1 Å². The average Bonchev–Trinajstić information content (AvgIpc) is 3.73. The molecule has 0 spiro atoms. The van der Waals surface area contributed by atoms with Gasteiger partial charge in [-0.1, -0.05) is 133 Å². The van der Waals surface area contributed by atoms with Gasteiger partial charge in [0, 0.05) is 6.61 Å². The van der Waals surface area contributed by atoms with E-state index in [-0.39, 0.29) is 31.3 Å². The molecule has 0 amide bonds. The normalized spacial score (nSPS) is 21.3. The Labute approximate surface area is 332 Å². The molecule has 1 saturated heterocycles. The third-order valence-corrected chi connectivity index (χ3v) is 11.3. The van der Waals surface area contributed by atoms with Crippen LogP contribution in [0.2, 0.25) is 0 Å². The van der Waals surface area contributed by atoms with E-state index in [2.05, 4.69) is 17.0 Å². The van der Waals surface area contributed by atoms with Crippen molar-refractivity contribution >= 4 is 19.2 Å². The number of ether oxygens (including phenoxy) is 3. The largest absolute Gasteiger partial charge is 0.472 e. The lowest BCUT2D eigenvalue weighted by atomic mass is 9.92. The highest BCUT2D eigenvalue weighted by atomic mass is 31.2. The molecule has 14 nitrogen and oxygen atoms in total. The van der Waals surface area contributed by atoms with Gasteiger partial charge in [-0.05, 0) is 31.0 Å². The van der Waals surface area contributed by atoms with Crippen LogP contribution < -0.4 is 5.73 Å². The van der Waals surface area contributed by atoms with Crippen molar-refractivity contribution in [2.24, 2.45) is 0 Å². The summed E-state index contributed by atoms with van der Waals surface area (Å²) in [6.45, 7) is 4.19. The molecule has 3 heterocycles. The lowest BCUT2D eigenvalue weighted by molar-refractivity contribution is -0.0690. The molecule has 2 aromatic heterocycles. The summed E-state index contributed by atoms with van der Waals surface area (Å²) in [6, 6.07) is 12.8. The van der Waals surface area contributed by atoms with Crippen molar-refractivity contribution in [3.05, 3.63) is 59.5 Å². The number of aliphatic hydroxyl groups is 2. The number of nitriles is 1. The van der Waals surface area contributed by atoms with Gasteiger partial charge in [0.25, 0.3) is 0 Å². The van der Waals surface area contributed by atoms with E-state index in [4.69, 9.17) is 29.0 Å². The summed E-state index contributed by atoms with van der Waals surface area (Å²) in [7, 11) is -4.72. The fraction of sp³-hybridized carbons (Fsp3) is 0.683. The molecular weight excluding hydrogens is 737 g/mol. The van der Waals surface area contributed by atoms with Crippen LogP contribution in [0.15, 0.2) is 42.7 Å². The van der Waals surface area contributed by atoms with Gasteiger partial charge in [0.1, 0.15) is 42.3 Å². The van der Waals surface area contributed by atoms with E-state index >= 15 is 0 Å². The number of benzene rings is 1. The number of hydrogen-bond donors (Lipinski definition) is 4. The minimum atomic E-state index is -4.72. The number of nitrogens with zero attached hydrogens (tertiary/aromatic N) is 4. The van der Waals surface area contributed by atoms with Crippen LogP contribution in [0, 0.1) is 18.3 Å².